The van der Waals surface area contributed by atoms with Crippen molar-refractivity contribution in [2.45, 2.75) is 13.0 Å². The number of aliphatic hydroxyl groups is 1. The number of hydrogen-bond acceptors (Lipinski definition) is 3. The molecule has 1 saturated heterocycles. The molecule has 2 heterocycles. The molecule has 1 aliphatic rings. The monoisotopic (exact) mass is 164 g/mol. The Balaban J connectivity index is 2.19. The van der Waals surface area contributed by atoms with Crippen molar-refractivity contribution < 1.29 is 5.11 Å². The van der Waals surface area contributed by atoms with Gasteiger partial charge < -0.3 is 10.0 Å². The highest BCUT2D eigenvalue weighted by atomic mass is 16.3. The van der Waals surface area contributed by atoms with Crippen molar-refractivity contribution >= 4 is 5.82 Å². The van der Waals surface area contributed by atoms with Crippen LogP contribution in [0.15, 0.2) is 18.2 Å². The van der Waals surface area contributed by atoms with Crippen molar-refractivity contribution in [2.75, 3.05) is 18.0 Å². The van der Waals surface area contributed by atoms with Crippen LogP contribution >= 0.6 is 0 Å². The summed E-state index contributed by atoms with van der Waals surface area (Å²) in [6.45, 7) is 2.23. The summed E-state index contributed by atoms with van der Waals surface area (Å²) in [7, 11) is 0. The minimum atomic E-state index is 0.0294. The van der Waals surface area contributed by atoms with Crippen molar-refractivity contribution in [3.8, 4) is 0 Å². The van der Waals surface area contributed by atoms with Crippen molar-refractivity contribution in [3.05, 3.63) is 23.9 Å². The molecule has 0 spiro atoms. The maximum atomic E-state index is 8.85. The largest absolute Gasteiger partial charge is 0.390 e. The molecular weight excluding hydrogens is 152 g/mol. The molecule has 1 fully saturated rings. The predicted molar refractivity (Wildman–Crippen MR) is 47.0 cm³/mol. The number of rotatable bonds is 2. The minimum absolute atomic E-state index is 0.0294. The van der Waals surface area contributed by atoms with E-state index in [0.717, 1.165) is 24.6 Å². The summed E-state index contributed by atoms with van der Waals surface area (Å²) in [4.78, 5) is 6.50. The molecule has 0 atom stereocenters. The standard InChI is InChI=1S/C9H12N2O/c12-7-8-3-1-4-9(10-8)11-5-2-6-11/h1,3-4,12H,2,5-7H2. The molecule has 1 aromatic rings. The van der Waals surface area contributed by atoms with Crippen LogP contribution in [0.5, 0.6) is 0 Å². The van der Waals surface area contributed by atoms with Gasteiger partial charge >= 0.3 is 0 Å². The Morgan fingerprint density at radius 1 is 1.42 bits per heavy atom. The van der Waals surface area contributed by atoms with Crippen LogP contribution < -0.4 is 4.90 Å². The molecule has 0 amide bonds. The lowest BCUT2D eigenvalue weighted by Gasteiger charge is -2.32. The first-order valence-corrected chi connectivity index (χ1v) is 4.22. The molecule has 1 aliphatic heterocycles. The smallest absolute Gasteiger partial charge is 0.128 e. The second kappa shape index (κ2) is 3.11. The average molecular weight is 164 g/mol. The van der Waals surface area contributed by atoms with E-state index in [9.17, 15) is 0 Å². The Bertz CT molecular complexity index is 271. The van der Waals surface area contributed by atoms with Gasteiger partial charge in [-0.25, -0.2) is 4.98 Å². The third-order valence-electron chi connectivity index (χ3n) is 2.13. The molecule has 3 nitrogen and oxygen atoms in total. The van der Waals surface area contributed by atoms with E-state index < -0.39 is 0 Å². The van der Waals surface area contributed by atoms with Gasteiger partial charge in [0.2, 0.25) is 0 Å². The van der Waals surface area contributed by atoms with Gasteiger partial charge in [0, 0.05) is 13.1 Å². The Morgan fingerprint density at radius 3 is 2.83 bits per heavy atom. The van der Waals surface area contributed by atoms with Gasteiger partial charge in [-0.3, -0.25) is 0 Å². The summed E-state index contributed by atoms with van der Waals surface area (Å²) >= 11 is 0. The first-order valence-electron chi connectivity index (χ1n) is 4.22. The van der Waals surface area contributed by atoms with Crippen LogP contribution in [-0.2, 0) is 6.61 Å². The molecule has 1 aromatic heterocycles. The van der Waals surface area contributed by atoms with Crippen molar-refractivity contribution in [1.29, 1.82) is 0 Å². The molecule has 0 aromatic carbocycles. The van der Waals surface area contributed by atoms with E-state index in [4.69, 9.17) is 5.11 Å². The van der Waals surface area contributed by atoms with Crippen molar-refractivity contribution in [3.63, 3.8) is 0 Å². The van der Waals surface area contributed by atoms with Gasteiger partial charge in [-0.15, -0.1) is 0 Å². The predicted octanol–water partition coefficient (Wildman–Crippen LogP) is 0.784. The first-order chi connectivity index (χ1) is 5.90. The zero-order chi connectivity index (χ0) is 8.39. The summed E-state index contributed by atoms with van der Waals surface area (Å²) in [5.74, 6) is 0.993. The highest BCUT2D eigenvalue weighted by molar-refractivity contribution is 5.41. The number of pyridine rings is 1. The molecule has 0 radical (unpaired) electrons. The third-order valence-corrected chi connectivity index (χ3v) is 2.13. The second-order valence-corrected chi connectivity index (χ2v) is 2.99. The SMILES string of the molecule is OCc1cccc(N2CCC2)n1. The van der Waals surface area contributed by atoms with Gasteiger partial charge in [0.15, 0.2) is 0 Å². The van der Waals surface area contributed by atoms with Gasteiger partial charge in [-0.1, -0.05) is 6.07 Å². The summed E-state index contributed by atoms with van der Waals surface area (Å²) in [6.07, 6.45) is 1.25. The molecular formula is C9H12N2O. The van der Waals surface area contributed by atoms with E-state index >= 15 is 0 Å². The van der Waals surface area contributed by atoms with E-state index in [1.807, 2.05) is 18.2 Å². The molecule has 0 bridgehead atoms. The molecule has 0 aliphatic carbocycles. The summed E-state index contributed by atoms with van der Waals surface area (Å²) in [5.41, 5.74) is 0.749. The normalized spacial score (nSPS) is 15.9. The summed E-state index contributed by atoms with van der Waals surface area (Å²) in [6, 6.07) is 5.76. The van der Waals surface area contributed by atoms with Crippen molar-refractivity contribution in [2.24, 2.45) is 0 Å². The van der Waals surface area contributed by atoms with Gasteiger partial charge in [0.05, 0.1) is 12.3 Å². The van der Waals surface area contributed by atoms with Crippen LogP contribution in [0.3, 0.4) is 0 Å². The van der Waals surface area contributed by atoms with Gasteiger partial charge in [0.25, 0.3) is 0 Å². The van der Waals surface area contributed by atoms with Crippen LogP contribution in [0.25, 0.3) is 0 Å². The van der Waals surface area contributed by atoms with Crippen molar-refractivity contribution in [1.82, 2.24) is 4.98 Å². The molecule has 64 valence electrons. The number of aromatic nitrogens is 1. The number of aliphatic hydroxyl groups excluding tert-OH is 1. The van der Waals surface area contributed by atoms with E-state index in [1.165, 1.54) is 6.42 Å². The third kappa shape index (κ3) is 1.28. The van der Waals surface area contributed by atoms with Crippen LogP contribution in [0.4, 0.5) is 5.82 Å². The quantitative estimate of drug-likeness (QED) is 0.701. The van der Waals surface area contributed by atoms with E-state index in [0.29, 0.717) is 0 Å². The summed E-state index contributed by atoms with van der Waals surface area (Å²) in [5, 5.41) is 8.85. The van der Waals surface area contributed by atoms with Gasteiger partial charge in [-0.05, 0) is 18.6 Å². The lowest BCUT2D eigenvalue weighted by Crippen LogP contribution is -2.37. The zero-order valence-electron chi connectivity index (χ0n) is 6.90. The maximum Gasteiger partial charge on any atom is 0.128 e. The maximum absolute atomic E-state index is 8.85. The number of anilines is 1. The number of hydrogen-bond donors (Lipinski definition) is 1. The minimum Gasteiger partial charge on any atom is -0.390 e. The molecule has 1 N–H and O–H groups in total. The zero-order valence-corrected chi connectivity index (χ0v) is 6.90. The second-order valence-electron chi connectivity index (χ2n) is 2.99. The van der Waals surface area contributed by atoms with Gasteiger partial charge in [-0.2, -0.15) is 0 Å². The molecule has 3 heteroatoms. The topological polar surface area (TPSA) is 36.4 Å². The Labute approximate surface area is 71.7 Å². The lowest BCUT2D eigenvalue weighted by atomic mass is 10.2. The fourth-order valence-corrected chi connectivity index (χ4v) is 1.28. The van der Waals surface area contributed by atoms with E-state index in [-0.39, 0.29) is 6.61 Å². The molecule has 0 unspecified atom stereocenters. The highest BCUT2D eigenvalue weighted by Crippen LogP contribution is 2.17. The molecule has 2 rings (SSSR count). The summed E-state index contributed by atoms with van der Waals surface area (Å²) < 4.78 is 0. The van der Waals surface area contributed by atoms with E-state index in [1.54, 1.807) is 0 Å². The van der Waals surface area contributed by atoms with Crippen LogP contribution in [-0.4, -0.2) is 23.2 Å². The number of nitrogens with zero attached hydrogens (tertiary/aromatic N) is 2. The fourth-order valence-electron chi connectivity index (χ4n) is 1.28. The Hall–Kier alpha value is -1.09. The van der Waals surface area contributed by atoms with Crippen LogP contribution in [0, 0.1) is 0 Å². The Morgan fingerprint density at radius 2 is 2.25 bits per heavy atom. The average Bonchev–Trinajstić information content (AvgIpc) is 2.02. The fraction of sp³-hybridized carbons (Fsp3) is 0.444. The molecule has 0 saturated carbocycles. The lowest BCUT2D eigenvalue weighted by molar-refractivity contribution is 0.277. The van der Waals surface area contributed by atoms with Crippen LogP contribution in [0.2, 0.25) is 0 Å². The molecule has 12 heavy (non-hydrogen) atoms. The van der Waals surface area contributed by atoms with Crippen LogP contribution in [0.1, 0.15) is 12.1 Å². The highest BCUT2D eigenvalue weighted by Gasteiger charge is 2.15. The van der Waals surface area contributed by atoms with E-state index in [2.05, 4.69) is 9.88 Å². The van der Waals surface area contributed by atoms with Gasteiger partial charge in [0.1, 0.15) is 5.82 Å². The Kier molecular flexibility index (Phi) is 1.96. The first kappa shape index (κ1) is 7.55.